The van der Waals surface area contributed by atoms with Crippen LogP contribution < -0.4 is 0 Å². The third-order valence-corrected chi connectivity index (χ3v) is 6.28. The highest BCUT2D eigenvalue weighted by Gasteiger charge is 2.60. The van der Waals surface area contributed by atoms with Crippen LogP contribution in [0, 0.1) is 13.8 Å². The lowest BCUT2D eigenvalue weighted by Gasteiger charge is -2.42. The number of rotatable bonds is 2. The largest absolute Gasteiger partial charge is 0.377 e. The van der Waals surface area contributed by atoms with Crippen LogP contribution in [-0.4, -0.2) is 10.2 Å². The van der Waals surface area contributed by atoms with Crippen molar-refractivity contribution in [2.75, 3.05) is 0 Å². The summed E-state index contributed by atoms with van der Waals surface area (Å²) >= 11 is 0. The third kappa shape index (κ3) is 1.94. The van der Waals surface area contributed by atoms with Gasteiger partial charge in [-0.2, -0.15) is 0 Å². The second-order valence-corrected chi connectivity index (χ2v) is 7.76. The Bertz CT molecular complexity index is 1130. The molecule has 2 N–H and O–H groups in total. The van der Waals surface area contributed by atoms with Crippen molar-refractivity contribution in [3.63, 3.8) is 0 Å². The van der Waals surface area contributed by atoms with E-state index >= 15 is 0 Å². The molecule has 0 amide bonds. The highest BCUT2D eigenvalue weighted by molar-refractivity contribution is 5.95. The summed E-state index contributed by atoms with van der Waals surface area (Å²) in [6, 6.07) is 27.4. The Balaban J connectivity index is 1.99. The Morgan fingerprint density at radius 3 is 1.32 bits per heavy atom. The van der Waals surface area contributed by atoms with Crippen molar-refractivity contribution in [3.8, 4) is 0 Å². The smallest absolute Gasteiger partial charge is 0.152 e. The fourth-order valence-corrected chi connectivity index (χ4v) is 4.97. The molecule has 0 saturated heterocycles. The van der Waals surface area contributed by atoms with Crippen molar-refractivity contribution in [1.82, 2.24) is 0 Å². The first-order valence-electron chi connectivity index (χ1n) is 9.59. The van der Waals surface area contributed by atoms with Crippen LogP contribution in [0.4, 0.5) is 0 Å². The molecule has 0 aromatic heterocycles. The Morgan fingerprint density at radius 1 is 0.500 bits per heavy atom. The summed E-state index contributed by atoms with van der Waals surface area (Å²) in [6.07, 6.45) is 0. The van der Waals surface area contributed by atoms with Crippen molar-refractivity contribution in [2.24, 2.45) is 0 Å². The molecule has 5 rings (SSSR count). The van der Waals surface area contributed by atoms with Crippen molar-refractivity contribution in [1.29, 1.82) is 0 Å². The van der Waals surface area contributed by atoms with Crippen LogP contribution in [0.25, 0.3) is 10.8 Å². The summed E-state index contributed by atoms with van der Waals surface area (Å²) in [5.74, 6) is 0. The number of hydrogen-bond donors (Lipinski definition) is 2. The summed E-state index contributed by atoms with van der Waals surface area (Å²) in [6.45, 7) is 3.96. The molecule has 138 valence electrons. The lowest BCUT2D eigenvalue weighted by atomic mass is 9.70. The highest BCUT2D eigenvalue weighted by Crippen LogP contribution is 2.58. The number of aliphatic hydroxyl groups is 2. The Kier molecular flexibility index (Phi) is 3.54. The predicted octanol–water partition coefficient (Wildman–Crippen LogP) is 4.94. The normalized spacial score (nSPS) is 23.3. The molecule has 0 unspecified atom stereocenters. The summed E-state index contributed by atoms with van der Waals surface area (Å²) in [5.41, 5.74) is 1.67. The molecule has 0 radical (unpaired) electrons. The van der Waals surface area contributed by atoms with E-state index in [9.17, 15) is 10.2 Å². The van der Waals surface area contributed by atoms with Crippen molar-refractivity contribution >= 4 is 10.8 Å². The monoisotopic (exact) mass is 366 g/mol. The first kappa shape index (κ1) is 17.2. The third-order valence-electron chi connectivity index (χ3n) is 6.28. The van der Waals surface area contributed by atoms with Gasteiger partial charge >= 0.3 is 0 Å². The second-order valence-electron chi connectivity index (χ2n) is 7.76. The first-order chi connectivity index (χ1) is 13.5. The Morgan fingerprint density at radius 2 is 0.893 bits per heavy atom. The Hall–Kier alpha value is -2.94. The standard InChI is InChI=1S/C26H22O2/c1-17-9-3-5-13-20(17)25(27)22-15-7-11-19-12-8-16-23(24(19)22)26(25,28)21-14-6-4-10-18(21)2/h3-16,27-28H,1-2H3/t25-,26-/m0/s1. The summed E-state index contributed by atoms with van der Waals surface area (Å²) in [4.78, 5) is 0. The maximum atomic E-state index is 12.4. The van der Waals surface area contributed by atoms with Crippen LogP contribution in [0.5, 0.6) is 0 Å². The maximum absolute atomic E-state index is 12.4. The van der Waals surface area contributed by atoms with Gasteiger partial charge in [0.1, 0.15) is 0 Å². The van der Waals surface area contributed by atoms with E-state index in [4.69, 9.17) is 0 Å². The molecule has 4 aromatic carbocycles. The molecule has 0 aliphatic heterocycles. The Labute approximate surface area is 164 Å². The molecule has 0 bridgehead atoms. The summed E-state index contributed by atoms with van der Waals surface area (Å²) < 4.78 is 0. The van der Waals surface area contributed by atoms with Gasteiger partial charge in [0.15, 0.2) is 11.2 Å². The topological polar surface area (TPSA) is 40.5 Å². The van der Waals surface area contributed by atoms with E-state index in [-0.39, 0.29) is 0 Å². The fourth-order valence-electron chi connectivity index (χ4n) is 4.97. The molecular weight excluding hydrogens is 344 g/mol. The lowest BCUT2D eigenvalue weighted by Crippen LogP contribution is -2.48. The van der Waals surface area contributed by atoms with Crippen LogP contribution in [0.1, 0.15) is 33.4 Å². The number of hydrogen-bond acceptors (Lipinski definition) is 2. The lowest BCUT2D eigenvalue weighted by molar-refractivity contribution is -0.105. The van der Waals surface area contributed by atoms with Gasteiger partial charge in [-0.15, -0.1) is 0 Å². The van der Waals surface area contributed by atoms with E-state index in [1.54, 1.807) is 0 Å². The first-order valence-corrected chi connectivity index (χ1v) is 9.59. The quantitative estimate of drug-likeness (QED) is 0.527. The van der Waals surface area contributed by atoms with E-state index < -0.39 is 11.2 Å². The summed E-state index contributed by atoms with van der Waals surface area (Å²) in [7, 11) is 0. The van der Waals surface area contributed by atoms with Crippen LogP contribution in [0.15, 0.2) is 84.9 Å². The van der Waals surface area contributed by atoms with Crippen molar-refractivity contribution in [3.05, 3.63) is 118 Å². The van der Waals surface area contributed by atoms with Crippen LogP contribution in [0.3, 0.4) is 0 Å². The van der Waals surface area contributed by atoms with Gasteiger partial charge in [0.2, 0.25) is 0 Å². The minimum Gasteiger partial charge on any atom is -0.377 e. The second kappa shape index (κ2) is 5.78. The molecule has 28 heavy (non-hydrogen) atoms. The molecular formula is C26H22O2. The molecule has 0 spiro atoms. The minimum absolute atomic E-state index is 0.726. The van der Waals surface area contributed by atoms with Gasteiger partial charge in [-0.05, 0) is 58.0 Å². The molecule has 4 aromatic rings. The highest BCUT2D eigenvalue weighted by atomic mass is 16.4. The summed E-state index contributed by atoms with van der Waals surface area (Å²) in [5, 5.41) is 26.8. The molecule has 2 nitrogen and oxygen atoms in total. The number of benzene rings is 4. The van der Waals surface area contributed by atoms with Gasteiger partial charge in [0.05, 0.1) is 0 Å². The van der Waals surface area contributed by atoms with E-state index in [0.717, 1.165) is 44.2 Å². The van der Waals surface area contributed by atoms with Gasteiger partial charge in [0, 0.05) is 0 Å². The zero-order valence-corrected chi connectivity index (χ0v) is 16.0. The van der Waals surface area contributed by atoms with Gasteiger partial charge in [-0.3, -0.25) is 0 Å². The molecule has 1 aliphatic rings. The molecule has 0 fully saturated rings. The predicted molar refractivity (Wildman–Crippen MR) is 112 cm³/mol. The average molecular weight is 366 g/mol. The maximum Gasteiger partial charge on any atom is 0.152 e. The van der Waals surface area contributed by atoms with Gasteiger partial charge < -0.3 is 10.2 Å². The van der Waals surface area contributed by atoms with Gasteiger partial charge in [-0.1, -0.05) is 84.9 Å². The van der Waals surface area contributed by atoms with E-state index in [1.165, 1.54) is 0 Å². The van der Waals surface area contributed by atoms with Crippen molar-refractivity contribution in [2.45, 2.75) is 25.0 Å². The van der Waals surface area contributed by atoms with Crippen LogP contribution in [-0.2, 0) is 11.2 Å². The van der Waals surface area contributed by atoms with Crippen molar-refractivity contribution < 1.29 is 10.2 Å². The van der Waals surface area contributed by atoms with Crippen LogP contribution in [0.2, 0.25) is 0 Å². The van der Waals surface area contributed by atoms with Gasteiger partial charge in [0.25, 0.3) is 0 Å². The van der Waals surface area contributed by atoms with Crippen LogP contribution >= 0.6 is 0 Å². The van der Waals surface area contributed by atoms with E-state index in [2.05, 4.69) is 0 Å². The zero-order valence-electron chi connectivity index (χ0n) is 16.0. The molecule has 0 heterocycles. The zero-order chi connectivity index (χ0) is 19.5. The number of aryl methyl sites for hydroxylation is 2. The minimum atomic E-state index is -1.59. The SMILES string of the molecule is Cc1ccccc1[C@]1(O)c2cccc3cccc(c23)[C@@]1(O)c1ccccc1C. The van der Waals surface area contributed by atoms with E-state index in [0.29, 0.717) is 0 Å². The van der Waals surface area contributed by atoms with Gasteiger partial charge in [-0.25, -0.2) is 0 Å². The molecule has 1 aliphatic carbocycles. The molecule has 0 saturated carbocycles. The average Bonchev–Trinajstić information content (AvgIpc) is 2.91. The molecule has 2 atom stereocenters. The fraction of sp³-hybridized carbons (Fsp3) is 0.154. The van der Waals surface area contributed by atoms with E-state index in [1.807, 2.05) is 98.8 Å². The molecule has 2 heteroatoms.